The summed E-state index contributed by atoms with van der Waals surface area (Å²) in [5, 5.41) is 0. The van der Waals surface area contributed by atoms with E-state index >= 15 is 0 Å². The topological polar surface area (TPSA) is 17.1 Å². The van der Waals surface area contributed by atoms with Gasteiger partial charge in [0.1, 0.15) is 6.29 Å². The maximum atomic E-state index is 9.84. The van der Waals surface area contributed by atoms with Gasteiger partial charge in [-0.15, -0.1) is 0 Å². The number of carbonyl (C=O) groups is 1. The van der Waals surface area contributed by atoms with Gasteiger partial charge in [-0.05, 0) is 0 Å². The molecule has 0 rings (SSSR count). The molecule has 0 aromatic heterocycles. The number of rotatable bonds is 2. The average Bonchev–Trinajstić information content (AvgIpc) is 1.65. The van der Waals surface area contributed by atoms with Gasteiger partial charge in [-0.3, -0.25) is 0 Å². The predicted octanol–water partition coefficient (Wildman–Crippen LogP) is 2.06. The summed E-state index contributed by atoms with van der Waals surface area (Å²) in [6.45, 7) is 0. The summed E-state index contributed by atoms with van der Waals surface area (Å²) in [5.41, 5.74) is 0. The largest absolute Gasteiger partial charge is 0.302 e. The van der Waals surface area contributed by atoms with E-state index in [4.69, 9.17) is 0 Å². The fourth-order valence-corrected chi connectivity index (χ4v) is 0.309. The molecule has 1 nitrogen and oxygen atoms in total. The van der Waals surface area contributed by atoms with E-state index in [1.54, 1.807) is 0 Å². The van der Waals surface area contributed by atoms with Crippen molar-refractivity contribution < 1.29 is 4.79 Å². The van der Waals surface area contributed by atoms with Gasteiger partial charge in [-0.1, -0.05) is 47.8 Å². The van der Waals surface area contributed by atoms with E-state index in [9.17, 15) is 4.79 Å². The molecule has 7 heavy (non-hydrogen) atoms. The number of aldehydes is 1. The molecule has 0 aliphatic rings. The summed E-state index contributed by atoms with van der Waals surface area (Å²) in [5.74, 6) is 0. The predicted molar refractivity (Wildman–Crippen MR) is 40.4 cm³/mol. The Bertz CT molecular complexity index is 63.2. The van der Waals surface area contributed by atoms with Crippen molar-refractivity contribution in [3.8, 4) is 0 Å². The van der Waals surface area contributed by atoms with Gasteiger partial charge < -0.3 is 4.79 Å². The van der Waals surface area contributed by atoms with Crippen LogP contribution in [-0.4, -0.2) is 14.8 Å². The van der Waals surface area contributed by atoms with Gasteiger partial charge in [0.25, 0.3) is 0 Å². The highest BCUT2D eigenvalue weighted by Gasteiger charge is 2.08. The van der Waals surface area contributed by atoms with Gasteiger partial charge in [0, 0.05) is 0 Å². The Morgan fingerprint density at radius 3 is 1.71 bits per heavy atom. The first kappa shape index (κ1) is 8.11. The molecule has 0 amide bonds. The van der Waals surface area contributed by atoms with Crippen molar-refractivity contribution in [2.75, 3.05) is 0 Å². The Labute approximate surface area is 67.2 Å². The van der Waals surface area contributed by atoms with Crippen LogP contribution in [0.15, 0.2) is 0 Å². The van der Waals surface area contributed by atoms with E-state index in [1.807, 2.05) is 0 Å². The summed E-state index contributed by atoms with van der Waals surface area (Å²) in [6.07, 6.45) is 0.814. The molecule has 0 aliphatic carbocycles. The van der Waals surface area contributed by atoms with Gasteiger partial charge in [0.05, 0.1) is 8.56 Å². The molecule has 0 fully saturated rings. The minimum atomic E-state index is -0.132. The van der Waals surface area contributed by atoms with Gasteiger partial charge >= 0.3 is 0 Å². The van der Waals surface area contributed by atoms with Crippen molar-refractivity contribution >= 4 is 54.1 Å². The van der Waals surface area contributed by atoms with Crippen LogP contribution in [0.1, 0.15) is 0 Å². The fourth-order valence-electron chi connectivity index (χ4n) is 0.0594. The van der Waals surface area contributed by atoms with Crippen molar-refractivity contribution in [1.82, 2.24) is 0 Å². The van der Waals surface area contributed by atoms with Crippen LogP contribution in [0.5, 0.6) is 0 Å². The van der Waals surface area contributed by atoms with E-state index in [-0.39, 0.29) is 8.56 Å². The SMILES string of the molecule is O=CC(Br)C(Br)Br. The highest BCUT2D eigenvalue weighted by molar-refractivity contribution is 9.25. The molecule has 0 saturated carbocycles. The number of hydrogen-bond donors (Lipinski definition) is 0. The normalized spacial score (nSPS) is 14.3. The molecule has 0 heterocycles. The van der Waals surface area contributed by atoms with E-state index in [0.29, 0.717) is 0 Å². The van der Waals surface area contributed by atoms with Crippen molar-refractivity contribution in [2.45, 2.75) is 8.56 Å². The van der Waals surface area contributed by atoms with E-state index in [0.717, 1.165) is 6.29 Å². The first-order valence-corrected chi connectivity index (χ1v) is 4.30. The summed E-state index contributed by atoms with van der Waals surface area (Å²) < 4.78 is 0.0394. The van der Waals surface area contributed by atoms with E-state index in [1.165, 1.54) is 0 Å². The number of hydrogen-bond acceptors (Lipinski definition) is 1. The van der Waals surface area contributed by atoms with Crippen LogP contribution < -0.4 is 0 Å². The summed E-state index contributed by atoms with van der Waals surface area (Å²) >= 11 is 9.36. The molecule has 0 saturated heterocycles. The molecular formula is C3H3Br3O. The summed E-state index contributed by atoms with van der Waals surface area (Å²) in [6, 6.07) is 0. The molecular weight excluding hydrogens is 292 g/mol. The van der Waals surface area contributed by atoms with E-state index < -0.39 is 0 Å². The quantitative estimate of drug-likeness (QED) is 0.563. The lowest BCUT2D eigenvalue weighted by molar-refractivity contribution is -0.107. The smallest absolute Gasteiger partial charge is 0.135 e. The first-order valence-electron chi connectivity index (χ1n) is 1.56. The molecule has 1 atom stereocenters. The molecule has 0 aliphatic heterocycles. The third kappa shape index (κ3) is 3.67. The Hall–Kier alpha value is 1.11. The molecule has 0 aromatic carbocycles. The highest BCUT2D eigenvalue weighted by Crippen LogP contribution is 2.17. The second-order valence-corrected chi connectivity index (χ2v) is 5.17. The van der Waals surface area contributed by atoms with Crippen molar-refractivity contribution in [1.29, 1.82) is 0 Å². The molecule has 0 aromatic rings. The Kier molecular flexibility index (Phi) is 4.68. The van der Waals surface area contributed by atoms with Crippen LogP contribution in [0.3, 0.4) is 0 Å². The Morgan fingerprint density at radius 1 is 1.29 bits per heavy atom. The standard InChI is InChI=1S/C3H3Br3O/c4-2(1-7)3(5)6/h1-3H. The summed E-state index contributed by atoms with van der Waals surface area (Å²) in [7, 11) is 0. The fraction of sp³-hybridized carbons (Fsp3) is 0.667. The number of alkyl halides is 3. The lowest BCUT2D eigenvalue weighted by Gasteiger charge is -1.97. The molecule has 0 bridgehead atoms. The van der Waals surface area contributed by atoms with Crippen LogP contribution >= 0.6 is 47.8 Å². The zero-order valence-corrected chi connectivity index (χ0v) is 8.03. The zero-order valence-electron chi connectivity index (χ0n) is 3.27. The third-order valence-corrected chi connectivity index (χ3v) is 3.67. The maximum absolute atomic E-state index is 9.84. The monoisotopic (exact) mass is 292 g/mol. The number of halogens is 3. The van der Waals surface area contributed by atoms with Crippen molar-refractivity contribution in [2.24, 2.45) is 0 Å². The van der Waals surface area contributed by atoms with Crippen LogP contribution in [0.25, 0.3) is 0 Å². The second-order valence-electron chi connectivity index (χ2n) is 0.915. The van der Waals surface area contributed by atoms with Crippen LogP contribution in [0.2, 0.25) is 0 Å². The molecule has 0 radical (unpaired) electrons. The minimum Gasteiger partial charge on any atom is -0.302 e. The average molecular weight is 295 g/mol. The molecule has 42 valence electrons. The zero-order chi connectivity index (χ0) is 5.86. The third-order valence-electron chi connectivity index (χ3n) is 0.371. The molecule has 0 spiro atoms. The maximum Gasteiger partial charge on any atom is 0.135 e. The van der Waals surface area contributed by atoms with E-state index in [2.05, 4.69) is 47.8 Å². The molecule has 0 N–H and O–H groups in total. The van der Waals surface area contributed by atoms with Crippen LogP contribution in [0.4, 0.5) is 0 Å². The van der Waals surface area contributed by atoms with Gasteiger partial charge in [0.15, 0.2) is 0 Å². The molecule has 1 unspecified atom stereocenters. The van der Waals surface area contributed by atoms with Crippen molar-refractivity contribution in [3.63, 3.8) is 0 Å². The van der Waals surface area contributed by atoms with Gasteiger partial charge in [0.2, 0.25) is 0 Å². The van der Waals surface area contributed by atoms with Gasteiger partial charge in [-0.2, -0.15) is 0 Å². The number of carbonyl (C=O) groups excluding carboxylic acids is 1. The van der Waals surface area contributed by atoms with Crippen LogP contribution in [0, 0.1) is 0 Å². The minimum absolute atomic E-state index is 0.0394. The Balaban J connectivity index is 3.33. The second kappa shape index (κ2) is 4.04. The van der Waals surface area contributed by atoms with Crippen LogP contribution in [-0.2, 0) is 4.79 Å². The highest BCUT2D eigenvalue weighted by atomic mass is 79.9. The first-order chi connectivity index (χ1) is 3.18. The Morgan fingerprint density at radius 2 is 1.71 bits per heavy atom. The van der Waals surface area contributed by atoms with Gasteiger partial charge in [-0.25, -0.2) is 0 Å². The lowest BCUT2D eigenvalue weighted by Crippen LogP contribution is -2.06. The summed E-state index contributed by atoms with van der Waals surface area (Å²) in [4.78, 5) is 9.71. The van der Waals surface area contributed by atoms with Crippen molar-refractivity contribution in [3.05, 3.63) is 0 Å². The lowest BCUT2D eigenvalue weighted by atomic mass is 10.6. The molecule has 4 heteroatoms.